The highest BCUT2D eigenvalue weighted by molar-refractivity contribution is 6.30. The number of carboxylic acid groups (broad SMARTS) is 1. The van der Waals surface area contributed by atoms with Crippen LogP contribution in [0.2, 0.25) is 5.02 Å². The molecule has 0 spiro atoms. The van der Waals surface area contributed by atoms with Gasteiger partial charge in [0.15, 0.2) is 6.10 Å². The molecular weight excluding hydrogens is 330 g/mol. The maximum Gasteiger partial charge on any atom is 0.303 e. The quantitative estimate of drug-likeness (QED) is 0.850. The molecule has 1 N–H and O–H groups in total. The summed E-state index contributed by atoms with van der Waals surface area (Å²) in [7, 11) is 0. The fourth-order valence-electron chi connectivity index (χ4n) is 2.94. The van der Waals surface area contributed by atoms with E-state index in [1.165, 1.54) is 0 Å². The molecule has 24 heavy (non-hydrogen) atoms. The van der Waals surface area contributed by atoms with E-state index in [1.54, 1.807) is 29.2 Å². The number of ether oxygens (including phenoxy) is 1. The number of hydrogen-bond acceptors (Lipinski definition) is 3. The highest BCUT2D eigenvalue weighted by Gasteiger charge is 2.32. The van der Waals surface area contributed by atoms with Crippen LogP contribution in [-0.2, 0) is 9.59 Å². The molecule has 0 radical (unpaired) electrons. The van der Waals surface area contributed by atoms with Gasteiger partial charge >= 0.3 is 5.97 Å². The van der Waals surface area contributed by atoms with Crippen molar-refractivity contribution in [3.8, 4) is 5.75 Å². The fraction of sp³-hybridized carbons (Fsp3) is 0.556. The van der Waals surface area contributed by atoms with Gasteiger partial charge in [-0.05, 0) is 42.9 Å². The van der Waals surface area contributed by atoms with Gasteiger partial charge in [0.1, 0.15) is 5.75 Å². The SMILES string of the molecule is CC(C)C(Oc1cccc(Cl)c1)C(=O)N1CCC(CC(=O)O)CC1. The van der Waals surface area contributed by atoms with E-state index in [0.29, 0.717) is 23.9 Å². The third kappa shape index (κ3) is 5.13. The van der Waals surface area contributed by atoms with Crippen molar-refractivity contribution < 1.29 is 19.4 Å². The maximum atomic E-state index is 12.8. The monoisotopic (exact) mass is 353 g/mol. The van der Waals surface area contributed by atoms with Crippen LogP contribution in [0.3, 0.4) is 0 Å². The number of piperidine rings is 1. The Balaban J connectivity index is 1.98. The number of carboxylic acids is 1. The maximum absolute atomic E-state index is 12.8. The van der Waals surface area contributed by atoms with E-state index >= 15 is 0 Å². The van der Waals surface area contributed by atoms with Gasteiger partial charge in [-0.3, -0.25) is 9.59 Å². The summed E-state index contributed by atoms with van der Waals surface area (Å²) in [5.41, 5.74) is 0. The number of carbonyl (C=O) groups excluding carboxylic acids is 1. The third-order valence-electron chi connectivity index (χ3n) is 4.30. The van der Waals surface area contributed by atoms with Crippen LogP contribution >= 0.6 is 11.6 Å². The molecule has 1 aromatic carbocycles. The van der Waals surface area contributed by atoms with Gasteiger partial charge in [0.2, 0.25) is 0 Å². The van der Waals surface area contributed by atoms with Crippen LogP contribution in [0.15, 0.2) is 24.3 Å². The standard InChI is InChI=1S/C18H24ClNO4/c1-12(2)17(24-15-5-3-4-14(19)11-15)18(23)20-8-6-13(7-9-20)10-16(21)22/h3-5,11-13,17H,6-10H2,1-2H3,(H,21,22). The van der Waals surface area contributed by atoms with E-state index in [9.17, 15) is 9.59 Å². The van der Waals surface area contributed by atoms with Crippen molar-refractivity contribution in [2.45, 2.75) is 39.2 Å². The zero-order chi connectivity index (χ0) is 17.7. The molecule has 2 rings (SSSR count). The van der Waals surface area contributed by atoms with Crippen molar-refractivity contribution in [3.05, 3.63) is 29.3 Å². The Bertz CT molecular complexity index is 582. The first-order valence-electron chi connectivity index (χ1n) is 8.29. The van der Waals surface area contributed by atoms with Gasteiger partial charge in [-0.25, -0.2) is 0 Å². The Morgan fingerprint density at radius 1 is 1.33 bits per heavy atom. The molecule has 1 heterocycles. The van der Waals surface area contributed by atoms with E-state index < -0.39 is 12.1 Å². The summed E-state index contributed by atoms with van der Waals surface area (Å²) in [6.45, 7) is 5.06. The molecule has 0 aliphatic carbocycles. The minimum atomic E-state index is -0.774. The molecule has 6 heteroatoms. The van der Waals surface area contributed by atoms with Crippen molar-refractivity contribution in [3.63, 3.8) is 0 Å². The van der Waals surface area contributed by atoms with Crippen molar-refractivity contribution in [1.29, 1.82) is 0 Å². The summed E-state index contributed by atoms with van der Waals surface area (Å²) in [6.07, 6.45) is 1.05. The van der Waals surface area contributed by atoms with Crippen molar-refractivity contribution >= 4 is 23.5 Å². The van der Waals surface area contributed by atoms with E-state index in [4.69, 9.17) is 21.4 Å². The van der Waals surface area contributed by atoms with Crippen LogP contribution in [0.4, 0.5) is 0 Å². The summed E-state index contributed by atoms with van der Waals surface area (Å²) in [5.74, 6) is -0.0655. The number of likely N-dealkylation sites (tertiary alicyclic amines) is 1. The molecule has 0 aromatic heterocycles. The molecule has 0 saturated carbocycles. The smallest absolute Gasteiger partial charge is 0.303 e. The zero-order valence-corrected chi connectivity index (χ0v) is 14.8. The first kappa shape index (κ1) is 18.6. The lowest BCUT2D eigenvalue weighted by atomic mass is 9.93. The zero-order valence-electron chi connectivity index (χ0n) is 14.1. The summed E-state index contributed by atoms with van der Waals surface area (Å²) >= 11 is 5.97. The molecule has 1 saturated heterocycles. The van der Waals surface area contributed by atoms with Crippen molar-refractivity contribution in [2.24, 2.45) is 11.8 Å². The number of rotatable bonds is 6. The van der Waals surface area contributed by atoms with Crippen molar-refractivity contribution in [2.75, 3.05) is 13.1 Å². The van der Waals surface area contributed by atoms with E-state index in [2.05, 4.69) is 0 Å². The van der Waals surface area contributed by atoms with Gasteiger partial charge in [0.05, 0.1) is 0 Å². The van der Waals surface area contributed by atoms with Crippen LogP contribution in [-0.4, -0.2) is 41.1 Å². The number of halogens is 1. The molecule has 5 nitrogen and oxygen atoms in total. The van der Waals surface area contributed by atoms with E-state index in [1.807, 2.05) is 13.8 Å². The van der Waals surface area contributed by atoms with Crippen LogP contribution < -0.4 is 4.74 Å². The summed E-state index contributed by atoms with van der Waals surface area (Å²) in [5, 5.41) is 9.44. The number of hydrogen-bond donors (Lipinski definition) is 1. The molecule has 132 valence electrons. The summed E-state index contributed by atoms with van der Waals surface area (Å²) in [6, 6.07) is 7.03. The Morgan fingerprint density at radius 2 is 2.00 bits per heavy atom. The van der Waals surface area contributed by atoms with E-state index in [0.717, 1.165) is 12.8 Å². The van der Waals surface area contributed by atoms with Gasteiger partial charge in [-0.1, -0.05) is 31.5 Å². The van der Waals surface area contributed by atoms with E-state index in [-0.39, 0.29) is 24.2 Å². The lowest BCUT2D eigenvalue weighted by Gasteiger charge is -2.34. The van der Waals surface area contributed by atoms with Gasteiger partial charge in [-0.2, -0.15) is 0 Å². The molecular formula is C18H24ClNO4. The Kier molecular flexibility index (Phi) is 6.49. The van der Waals surface area contributed by atoms with Crippen LogP contribution in [0, 0.1) is 11.8 Å². The lowest BCUT2D eigenvalue weighted by Crippen LogP contribution is -2.48. The Labute approximate surface area is 147 Å². The number of benzene rings is 1. The molecule has 1 aliphatic rings. The minimum Gasteiger partial charge on any atom is -0.481 e. The highest BCUT2D eigenvalue weighted by Crippen LogP contribution is 2.24. The Morgan fingerprint density at radius 3 is 2.54 bits per heavy atom. The second-order valence-electron chi connectivity index (χ2n) is 6.61. The minimum absolute atomic E-state index is 0.0215. The molecule has 1 aliphatic heterocycles. The lowest BCUT2D eigenvalue weighted by molar-refractivity contribution is -0.142. The molecule has 0 bridgehead atoms. The molecule has 1 unspecified atom stereocenters. The second-order valence-corrected chi connectivity index (χ2v) is 7.04. The third-order valence-corrected chi connectivity index (χ3v) is 4.53. The van der Waals surface area contributed by atoms with Gasteiger partial charge in [0, 0.05) is 24.5 Å². The van der Waals surface area contributed by atoms with Crippen LogP contribution in [0.1, 0.15) is 33.1 Å². The number of nitrogens with zero attached hydrogens (tertiary/aromatic N) is 1. The number of aliphatic carboxylic acids is 1. The topological polar surface area (TPSA) is 66.8 Å². The highest BCUT2D eigenvalue weighted by atomic mass is 35.5. The first-order valence-corrected chi connectivity index (χ1v) is 8.67. The number of carbonyl (C=O) groups is 2. The number of amides is 1. The second kappa shape index (κ2) is 8.38. The molecule has 1 amide bonds. The summed E-state index contributed by atoms with van der Waals surface area (Å²) in [4.78, 5) is 25.4. The van der Waals surface area contributed by atoms with Crippen LogP contribution in [0.5, 0.6) is 5.75 Å². The largest absolute Gasteiger partial charge is 0.481 e. The van der Waals surface area contributed by atoms with Crippen LogP contribution in [0.25, 0.3) is 0 Å². The first-order chi connectivity index (χ1) is 11.4. The fourth-order valence-corrected chi connectivity index (χ4v) is 3.12. The summed E-state index contributed by atoms with van der Waals surface area (Å²) < 4.78 is 5.89. The average Bonchev–Trinajstić information content (AvgIpc) is 2.52. The van der Waals surface area contributed by atoms with Gasteiger partial charge < -0.3 is 14.7 Å². The molecule has 1 atom stereocenters. The van der Waals surface area contributed by atoms with Gasteiger partial charge in [0.25, 0.3) is 5.91 Å². The predicted molar refractivity (Wildman–Crippen MR) is 92.3 cm³/mol. The van der Waals surface area contributed by atoms with Gasteiger partial charge in [-0.15, -0.1) is 0 Å². The molecule has 1 fully saturated rings. The van der Waals surface area contributed by atoms with Crippen molar-refractivity contribution in [1.82, 2.24) is 4.90 Å². The molecule has 1 aromatic rings. The predicted octanol–water partition coefficient (Wildman–Crippen LogP) is 3.46. The Hall–Kier alpha value is -1.75. The normalized spacial score (nSPS) is 16.9. The average molecular weight is 354 g/mol.